The molecule has 0 N–H and O–H groups in total. The fraction of sp³-hybridized carbons (Fsp3) is 0.250. The molecule has 140 valence electrons. The predicted octanol–water partition coefficient (Wildman–Crippen LogP) is 3.94. The van der Waals surface area contributed by atoms with Crippen molar-refractivity contribution in [1.29, 1.82) is 0 Å². The first-order valence-corrected chi connectivity index (χ1v) is 9.91. The van der Waals surface area contributed by atoms with E-state index in [1.165, 1.54) is 16.9 Å². The van der Waals surface area contributed by atoms with Crippen LogP contribution in [0, 0.1) is 0 Å². The molecular formula is C20H19N7S. The third-order valence-electron chi connectivity index (χ3n) is 4.76. The zero-order valence-corrected chi connectivity index (χ0v) is 16.7. The summed E-state index contributed by atoms with van der Waals surface area (Å²) in [5, 5.41) is 22.7. The molecule has 0 aliphatic carbocycles. The van der Waals surface area contributed by atoms with Gasteiger partial charge in [-0.1, -0.05) is 73.7 Å². The summed E-state index contributed by atoms with van der Waals surface area (Å²) in [6, 6.07) is 16.4. The van der Waals surface area contributed by atoms with Crippen LogP contribution in [0.2, 0.25) is 0 Å². The van der Waals surface area contributed by atoms with Gasteiger partial charge in [0.15, 0.2) is 5.82 Å². The average molecular weight is 389 g/mol. The third kappa shape index (κ3) is 2.86. The molecule has 0 spiro atoms. The van der Waals surface area contributed by atoms with Crippen molar-refractivity contribution in [3.8, 4) is 10.6 Å². The number of fused-ring (bicyclic) bond motifs is 2. The largest absolute Gasteiger partial charge is 0.237 e. The van der Waals surface area contributed by atoms with Crippen LogP contribution in [0.25, 0.3) is 26.6 Å². The van der Waals surface area contributed by atoms with Crippen LogP contribution in [-0.2, 0) is 12.0 Å². The van der Waals surface area contributed by atoms with Gasteiger partial charge in [-0.3, -0.25) is 0 Å². The van der Waals surface area contributed by atoms with E-state index in [9.17, 15) is 0 Å². The molecule has 8 heteroatoms. The van der Waals surface area contributed by atoms with Gasteiger partial charge in [-0.2, -0.15) is 9.61 Å². The van der Waals surface area contributed by atoms with Crippen LogP contribution in [0.4, 0.5) is 0 Å². The standard InChI is InChI=1S/C20H19N7S/c1-20(2,3)14-10-8-13(9-11-14)18-24-27-17(22-23-19(27)28-18)12-26-16-7-5-4-6-15(16)21-25-26/h4-11H,12H2,1-3H3. The van der Waals surface area contributed by atoms with Crippen LogP contribution in [0.5, 0.6) is 0 Å². The Hall–Kier alpha value is -3.13. The second-order valence-electron chi connectivity index (χ2n) is 7.78. The molecule has 5 aromatic rings. The second kappa shape index (κ2) is 6.20. The highest BCUT2D eigenvalue weighted by atomic mass is 32.1. The summed E-state index contributed by atoms with van der Waals surface area (Å²) < 4.78 is 3.62. The highest BCUT2D eigenvalue weighted by Gasteiger charge is 2.17. The molecule has 5 rings (SSSR count). The highest BCUT2D eigenvalue weighted by Crippen LogP contribution is 2.29. The minimum absolute atomic E-state index is 0.133. The smallest absolute Gasteiger partial charge is 0.235 e. The molecule has 0 saturated heterocycles. The average Bonchev–Trinajstić information content (AvgIpc) is 3.37. The number of para-hydroxylation sites is 1. The summed E-state index contributed by atoms with van der Waals surface area (Å²) >= 11 is 1.53. The molecule has 0 aliphatic heterocycles. The van der Waals surface area contributed by atoms with E-state index in [-0.39, 0.29) is 5.41 Å². The zero-order valence-electron chi connectivity index (χ0n) is 15.9. The molecule has 0 unspecified atom stereocenters. The SMILES string of the molecule is CC(C)(C)c1ccc(-c2nn3c(Cn4nnc5ccccc54)nnc3s2)cc1. The van der Waals surface area contributed by atoms with Crippen molar-refractivity contribution in [2.45, 2.75) is 32.7 Å². The summed E-state index contributed by atoms with van der Waals surface area (Å²) in [4.78, 5) is 0.773. The van der Waals surface area contributed by atoms with Crippen molar-refractivity contribution in [2.75, 3.05) is 0 Å². The van der Waals surface area contributed by atoms with Gasteiger partial charge in [0.2, 0.25) is 4.96 Å². The Morgan fingerprint density at radius 2 is 1.71 bits per heavy atom. The number of hydrogen-bond donors (Lipinski definition) is 0. The van der Waals surface area contributed by atoms with E-state index in [1.54, 1.807) is 4.52 Å². The van der Waals surface area contributed by atoms with Crippen LogP contribution in [0.15, 0.2) is 48.5 Å². The lowest BCUT2D eigenvalue weighted by Crippen LogP contribution is -2.10. The van der Waals surface area contributed by atoms with Crippen molar-refractivity contribution >= 4 is 27.3 Å². The maximum absolute atomic E-state index is 4.74. The summed E-state index contributed by atoms with van der Waals surface area (Å²) in [5.74, 6) is 0.736. The minimum Gasteiger partial charge on any atom is -0.237 e. The molecule has 0 bridgehead atoms. The summed E-state index contributed by atoms with van der Waals surface area (Å²) in [5.41, 5.74) is 4.35. The Balaban J connectivity index is 1.49. The molecule has 0 atom stereocenters. The number of hydrogen-bond acceptors (Lipinski definition) is 6. The van der Waals surface area contributed by atoms with Crippen LogP contribution >= 0.6 is 11.3 Å². The normalized spacial score (nSPS) is 12.2. The van der Waals surface area contributed by atoms with E-state index in [0.29, 0.717) is 6.54 Å². The van der Waals surface area contributed by atoms with Gasteiger partial charge in [-0.25, -0.2) is 4.68 Å². The summed E-state index contributed by atoms with van der Waals surface area (Å²) in [7, 11) is 0. The molecular weight excluding hydrogens is 370 g/mol. The first-order chi connectivity index (χ1) is 13.5. The Bertz CT molecular complexity index is 1270. The van der Waals surface area contributed by atoms with E-state index in [0.717, 1.165) is 32.4 Å². The molecule has 0 fully saturated rings. The predicted molar refractivity (Wildman–Crippen MR) is 109 cm³/mol. The van der Waals surface area contributed by atoms with Gasteiger partial charge in [0, 0.05) is 5.56 Å². The number of benzene rings is 2. The molecule has 28 heavy (non-hydrogen) atoms. The Morgan fingerprint density at radius 3 is 2.50 bits per heavy atom. The van der Waals surface area contributed by atoms with E-state index >= 15 is 0 Å². The number of aromatic nitrogens is 7. The van der Waals surface area contributed by atoms with Crippen LogP contribution in [0.1, 0.15) is 32.2 Å². The topological polar surface area (TPSA) is 73.8 Å². The van der Waals surface area contributed by atoms with Crippen LogP contribution < -0.4 is 0 Å². The van der Waals surface area contributed by atoms with Gasteiger partial charge in [-0.05, 0) is 23.1 Å². The molecule has 7 nitrogen and oxygen atoms in total. The number of nitrogens with zero attached hydrogens (tertiary/aromatic N) is 7. The van der Waals surface area contributed by atoms with E-state index in [2.05, 4.69) is 65.5 Å². The lowest BCUT2D eigenvalue weighted by Gasteiger charge is -2.18. The molecule has 0 aliphatic rings. The summed E-state index contributed by atoms with van der Waals surface area (Å²) in [6.07, 6.45) is 0. The van der Waals surface area contributed by atoms with Gasteiger partial charge in [0.05, 0.1) is 5.52 Å². The minimum atomic E-state index is 0.133. The second-order valence-corrected chi connectivity index (χ2v) is 8.74. The molecule has 3 heterocycles. The number of rotatable bonds is 3. The Kier molecular flexibility index (Phi) is 3.77. The first kappa shape index (κ1) is 17.0. The quantitative estimate of drug-likeness (QED) is 0.467. The van der Waals surface area contributed by atoms with Gasteiger partial charge < -0.3 is 0 Å². The highest BCUT2D eigenvalue weighted by molar-refractivity contribution is 7.19. The molecule has 3 aromatic heterocycles. The monoisotopic (exact) mass is 389 g/mol. The van der Waals surface area contributed by atoms with Crippen molar-refractivity contribution in [2.24, 2.45) is 0 Å². The third-order valence-corrected chi connectivity index (χ3v) is 5.71. The zero-order chi connectivity index (χ0) is 19.3. The molecule has 0 radical (unpaired) electrons. The fourth-order valence-corrected chi connectivity index (χ4v) is 4.02. The lowest BCUT2D eigenvalue weighted by molar-refractivity contribution is 0.590. The van der Waals surface area contributed by atoms with Gasteiger partial charge >= 0.3 is 0 Å². The Morgan fingerprint density at radius 1 is 0.929 bits per heavy atom. The first-order valence-electron chi connectivity index (χ1n) is 9.09. The summed E-state index contributed by atoms with van der Waals surface area (Å²) in [6.45, 7) is 7.11. The molecule has 2 aromatic carbocycles. The van der Waals surface area contributed by atoms with E-state index in [1.807, 2.05) is 28.9 Å². The van der Waals surface area contributed by atoms with Crippen LogP contribution in [0.3, 0.4) is 0 Å². The van der Waals surface area contributed by atoms with Crippen molar-refractivity contribution < 1.29 is 0 Å². The van der Waals surface area contributed by atoms with Crippen LogP contribution in [-0.4, -0.2) is 34.8 Å². The fourth-order valence-electron chi connectivity index (χ4n) is 3.15. The van der Waals surface area contributed by atoms with Crippen molar-refractivity contribution in [3.05, 3.63) is 59.9 Å². The lowest BCUT2D eigenvalue weighted by atomic mass is 9.87. The molecule has 0 amide bonds. The Labute approximate surface area is 165 Å². The van der Waals surface area contributed by atoms with E-state index < -0.39 is 0 Å². The molecule has 0 saturated carbocycles. The van der Waals surface area contributed by atoms with Gasteiger partial charge in [0.25, 0.3) is 0 Å². The van der Waals surface area contributed by atoms with Gasteiger partial charge in [0.1, 0.15) is 17.1 Å². The maximum Gasteiger partial charge on any atom is 0.235 e. The van der Waals surface area contributed by atoms with Gasteiger partial charge in [-0.15, -0.1) is 15.3 Å². The van der Waals surface area contributed by atoms with Crippen molar-refractivity contribution in [1.82, 2.24) is 34.8 Å². The van der Waals surface area contributed by atoms with E-state index in [4.69, 9.17) is 5.10 Å². The maximum atomic E-state index is 4.74. The van der Waals surface area contributed by atoms with Crippen molar-refractivity contribution in [3.63, 3.8) is 0 Å².